The summed E-state index contributed by atoms with van der Waals surface area (Å²) < 4.78 is 0. The Labute approximate surface area is 164 Å². The van der Waals surface area contributed by atoms with Crippen LogP contribution in [0.5, 0.6) is 0 Å². The summed E-state index contributed by atoms with van der Waals surface area (Å²) in [6.07, 6.45) is 25.1. The van der Waals surface area contributed by atoms with Gasteiger partial charge in [0.05, 0.1) is 6.61 Å². The van der Waals surface area contributed by atoms with E-state index in [0.29, 0.717) is 12.8 Å². The lowest BCUT2D eigenvalue weighted by atomic mass is 10.1. The zero-order valence-corrected chi connectivity index (χ0v) is 16.7. The molecule has 0 saturated heterocycles. The van der Waals surface area contributed by atoms with Crippen LogP contribution in [0.3, 0.4) is 0 Å². The van der Waals surface area contributed by atoms with Crippen LogP contribution in [0.25, 0.3) is 0 Å². The first-order chi connectivity index (χ1) is 13.3. The van der Waals surface area contributed by atoms with Gasteiger partial charge in [-0.3, -0.25) is 10.1 Å². The minimum absolute atomic E-state index is 0.138. The van der Waals surface area contributed by atoms with E-state index in [1.165, 1.54) is 25.7 Å². The van der Waals surface area contributed by atoms with E-state index >= 15 is 0 Å². The van der Waals surface area contributed by atoms with Crippen LogP contribution in [-0.4, -0.2) is 35.5 Å². The summed E-state index contributed by atoms with van der Waals surface area (Å²) in [6, 6.07) is 0. The van der Waals surface area contributed by atoms with Crippen molar-refractivity contribution in [2.24, 2.45) is 0 Å². The lowest BCUT2D eigenvalue weighted by Crippen LogP contribution is -2.37. The van der Waals surface area contributed by atoms with E-state index in [0.717, 1.165) is 19.3 Å². The number of carbonyl (C=O) groups excluding carboxylic acids is 1. The molecular weight excluding hydrogens is 342 g/mol. The number of aliphatic hydroxyl groups excluding tert-OH is 1. The Bertz CT molecular complexity index is 455. The fourth-order valence-electron chi connectivity index (χ4n) is 2.33. The summed E-state index contributed by atoms with van der Waals surface area (Å²) in [4.78, 5) is 15.8. The number of hydrogen-bond acceptors (Lipinski definition) is 4. The first-order valence-electron chi connectivity index (χ1n) is 10.0. The molecule has 0 heterocycles. The second-order valence-electron chi connectivity index (χ2n) is 6.27. The van der Waals surface area contributed by atoms with Gasteiger partial charge in [0.25, 0.3) is 5.91 Å². The van der Waals surface area contributed by atoms with E-state index in [9.17, 15) is 4.79 Å². The second kappa shape index (κ2) is 20.6. The minimum atomic E-state index is -0.900. The van der Waals surface area contributed by atoms with Crippen molar-refractivity contribution in [3.05, 3.63) is 48.6 Å². The summed E-state index contributed by atoms with van der Waals surface area (Å²) >= 11 is 0. The van der Waals surface area contributed by atoms with Gasteiger partial charge in [-0.05, 0) is 44.9 Å². The molecule has 0 bridgehead atoms. The largest absolute Gasteiger partial charge is 0.395 e. The van der Waals surface area contributed by atoms with Crippen LogP contribution in [0.4, 0.5) is 0 Å². The number of unbranched alkanes of at least 4 members (excludes halogenated alkanes) is 3. The highest BCUT2D eigenvalue weighted by Gasteiger charge is 2.17. The molecule has 0 radical (unpaired) electrons. The quantitative estimate of drug-likeness (QED) is 0.148. The number of aliphatic hydroxyl groups is 1. The van der Waals surface area contributed by atoms with Gasteiger partial charge in [0.1, 0.15) is 0 Å². The number of hydrogen-bond donors (Lipinski definition) is 3. The second-order valence-corrected chi connectivity index (χ2v) is 6.27. The van der Waals surface area contributed by atoms with Crippen LogP contribution in [0, 0.1) is 0 Å². The first-order valence-corrected chi connectivity index (χ1v) is 10.0. The molecule has 0 aromatic carbocycles. The van der Waals surface area contributed by atoms with E-state index in [1.807, 2.05) is 12.2 Å². The molecule has 0 aromatic rings. The third-order valence-corrected chi connectivity index (χ3v) is 3.88. The fraction of sp³-hybridized carbons (Fsp3) is 0.591. The molecule has 0 aliphatic rings. The van der Waals surface area contributed by atoms with Crippen molar-refractivity contribution in [1.82, 2.24) is 5.32 Å². The molecule has 0 rings (SSSR count). The number of rotatable bonds is 17. The zero-order chi connectivity index (χ0) is 20.0. The van der Waals surface area contributed by atoms with Gasteiger partial charge in [-0.15, -0.1) is 0 Å². The normalized spacial score (nSPS) is 13.4. The molecule has 0 spiro atoms. The van der Waals surface area contributed by atoms with Gasteiger partial charge in [-0.25, -0.2) is 4.89 Å². The maximum atomic E-state index is 11.6. The molecule has 5 nitrogen and oxygen atoms in total. The van der Waals surface area contributed by atoms with E-state index in [2.05, 4.69) is 53.6 Å². The van der Waals surface area contributed by atoms with Crippen molar-refractivity contribution in [3.8, 4) is 0 Å². The fourth-order valence-corrected chi connectivity index (χ4v) is 2.33. The smallest absolute Gasteiger partial charge is 0.252 e. The molecule has 154 valence electrons. The van der Waals surface area contributed by atoms with Crippen LogP contribution >= 0.6 is 0 Å². The van der Waals surface area contributed by atoms with E-state index < -0.39 is 12.0 Å². The molecule has 1 unspecified atom stereocenters. The number of carbonyl (C=O) groups is 1. The standard InChI is InChI=1S/C22H37NO4/c1-2-3-4-5-6-7-8-9-10-11-12-13-14-15-16-17-18-21(27-26)22(25)23-19-20-24/h6-7,9-10,12-13,15-16,21,24,26H,2-5,8,11,14,17-20H2,1H3,(H,23,25)/b7-6-,10-9-,13-12-,16-15-. The summed E-state index contributed by atoms with van der Waals surface area (Å²) in [7, 11) is 0. The average Bonchev–Trinajstić information content (AvgIpc) is 2.68. The lowest BCUT2D eigenvalue weighted by molar-refractivity contribution is -0.272. The van der Waals surface area contributed by atoms with Gasteiger partial charge in [0.2, 0.25) is 0 Å². The number of amides is 1. The Morgan fingerprint density at radius 3 is 2.00 bits per heavy atom. The molecule has 1 amide bonds. The Hall–Kier alpha value is -1.69. The molecule has 0 saturated carbocycles. The summed E-state index contributed by atoms with van der Waals surface area (Å²) in [5.74, 6) is -0.414. The summed E-state index contributed by atoms with van der Waals surface area (Å²) in [5, 5.41) is 19.9. The minimum Gasteiger partial charge on any atom is -0.395 e. The predicted octanol–water partition coefficient (Wildman–Crippen LogP) is 4.71. The van der Waals surface area contributed by atoms with Crippen LogP contribution in [0.1, 0.15) is 64.7 Å². The summed E-state index contributed by atoms with van der Waals surface area (Å²) in [6.45, 7) is 2.24. The van der Waals surface area contributed by atoms with Gasteiger partial charge >= 0.3 is 0 Å². The molecule has 3 N–H and O–H groups in total. The molecule has 5 heteroatoms. The lowest BCUT2D eigenvalue weighted by Gasteiger charge is -2.11. The van der Waals surface area contributed by atoms with Crippen molar-refractivity contribution >= 4 is 5.91 Å². The summed E-state index contributed by atoms with van der Waals surface area (Å²) in [5.41, 5.74) is 0. The topological polar surface area (TPSA) is 78.8 Å². The highest BCUT2D eigenvalue weighted by Crippen LogP contribution is 2.04. The third kappa shape index (κ3) is 17.5. The Kier molecular flexibility index (Phi) is 19.3. The maximum Gasteiger partial charge on any atom is 0.252 e. The molecule has 0 aliphatic heterocycles. The number of nitrogens with one attached hydrogen (secondary N) is 1. The van der Waals surface area contributed by atoms with E-state index in [4.69, 9.17) is 10.4 Å². The predicted molar refractivity (Wildman–Crippen MR) is 111 cm³/mol. The highest BCUT2D eigenvalue weighted by molar-refractivity contribution is 5.80. The Morgan fingerprint density at radius 1 is 0.926 bits per heavy atom. The molecule has 0 fully saturated rings. The van der Waals surface area contributed by atoms with Crippen molar-refractivity contribution in [2.45, 2.75) is 70.8 Å². The van der Waals surface area contributed by atoms with Gasteiger partial charge in [0, 0.05) is 6.54 Å². The highest BCUT2D eigenvalue weighted by atomic mass is 17.1. The first kappa shape index (κ1) is 25.3. The van der Waals surface area contributed by atoms with Crippen molar-refractivity contribution in [1.29, 1.82) is 0 Å². The van der Waals surface area contributed by atoms with E-state index in [1.54, 1.807) is 0 Å². The number of allylic oxidation sites excluding steroid dienone is 8. The third-order valence-electron chi connectivity index (χ3n) is 3.88. The van der Waals surface area contributed by atoms with E-state index in [-0.39, 0.29) is 13.2 Å². The molecule has 0 aromatic heterocycles. The van der Waals surface area contributed by atoms with Crippen molar-refractivity contribution in [3.63, 3.8) is 0 Å². The molecule has 1 atom stereocenters. The maximum absolute atomic E-state index is 11.6. The Balaban J connectivity index is 3.69. The monoisotopic (exact) mass is 379 g/mol. The van der Waals surface area contributed by atoms with Crippen LogP contribution in [-0.2, 0) is 9.68 Å². The van der Waals surface area contributed by atoms with Crippen LogP contribution < -0.4 is 5.32 Å². The molecular formula is C22H37NO4. The van der Waals surface area contributed by atoms with Crippen molar-refractivity contribution < 1.29 is 20.0 Å². The van der Waals surface area contributed by atoms with Gasteiger partial charge in [0.15, 0.2) is 6.10 Å². The van der Waals surface area contributed by atoms with Gasteiger partial charge in [-0.2, -0.15) is 0 Å². The van der Waals surface area contributed by atoms with Crippen molar-refractivity contribution in [2.75, 3.05) is 13.2 Å². The average molecular weight is 380 g/mol. The molecule has 0 aliphatic carbocycles. The molecule has 27 heavy (non-hydrogen) atoms. The van der Waals surface area contributed by atoms with Crippen LogP contribution in [0.2, 0.25) is 0 Å². The van der Waals surface area contributed by atoms with Crippen LogP contribution in [0.15, 0.2) is 48.6 Å². The van der Waals surface area contributed by atoms with Gasteiger partial charge in [-0.1, -0.05) is 68.4 Å². The Morgan fingerprint density at radius 2 is 1.48 bits per heavy atom. The van der Waals surface area contributed by atoms with Gasteiger partial charge < -0.3 is 10.4 Å². The SMILES string of the molecule is CCCCC/C=C\C/C=C\C/C=C\C/C=C\CCC(OO)C(=O)NCCO. The zero-order valence-electron chi connectivity index (χ0n) is 16.7.